The maximum Gasteiger partial charge on any atom is 0.329 e. The lowest BCUT2D eigenvalue weighted by atomic mass is 10.2. The number of hydrazone groups is 1. The minimum absolute atomic E-state index is 0.142. The summed E-state index contributed by atoms with van der Waals surface area (Å²) >= 11 is 3.41. The molecule has 2 aromatic carbocycles. The van der Waals surface area contributed by atoms with E-state index in [0.29, 0.717) is 47.8 Å². The van der Waals surface area contributed by atoms with E-state index in [1.165, 1.54) is 13.3 Å². The van der Waals surface area contributed by atoms with Gasteiger partial charge in [0.2, 0.25) is 0 Å². The first-order chi connectivity index (χ1) is 16.5. The number of carbonyl (C=O) groups excluding carboxylic acids is 3. The van der Waals surface area contributed by atoms with E-state index in [4.69, 9.17) is 14.2 Å². The van der Waals surface area contributed by atoms with Crippen LogP contribution in [0.4, 0.5) is 0 Å². The van der Waals surface area contributed by atoms with Crippen molar-refractivity contribution in [3.63, 3.8) is 0 Å². The lowest BCUT2D eigenvalue weighted by Gasteiger charge is -2.26. The van der Waals surface area contributed by atoms with Crippen LogP contribution >= 0.6 is 15.9 Å². The second-order valence-corrected chi connectivity index (χ2v) is 8.04. The predicted molar refractivity (Wildman–Crippen MR) is 128 cm³/mol. The molecule has 2 N–H and O–H groups in total. The van der Waals surface area contributed by atoms with E-state index >= 15 is 0 Å². The highest BCUT2D eigenvalue weighted by molar-refractivity contribution is 9.10. The summed E-state index contributed by atoms with van der Waals surface area (Å²) in [6.07, 6.45) is 1.36. The summed E-state index contributed by atoms with van der Waals surface area (Å²) in [4.78, 5) is 37.9. The molecule has 2 aromatic rings. The van der Waals surface area contributed by atoms with Gasteiger partial charge in [-0.25, -0.2) is 5.43 Å². The van der Waals surface area contributed by atoms with Crippen LogP contribution in [0.1, 0.15) is 11.1 Å². The van der Waals surface area contributed by atoms with Crippen molar-refractivity contribution in [1.29, 1.82) is 0 Å². The Hall–Kier alpha value is -3.44. The van der Waals surface area contributed by atoms with E-state index in [1.54, 1.807) is 17.0 Å². The summed E-state index contributed by atoms with van der Waals surface area (Å²) in [5.74, 6) is -1.09. The Morgan fingerprint density at radius 3 is 2.59 bits per heavy atom. The molecule has 0 bridgehead atoms. The van der Waals surface area contributed by atoms with Crippen molar-refractivity contribution in [3.8, 4) is 11.5 Å². The standard InChI is InChI=1S/C23H25BrN4O6/c1-32-19-12-17(11-18(24)21(19)34-15-20(29)28-7-9-33-10-8-28)14-26-27-23(31)22(30)25-13-16-5-3-2-4-6-16/h2-6,11-12,14H,7-10,13,15H2,1H3,(H,25,30)(H,27,31)/b26-14-. The number of morpholine rings is 1. The third-order valence-corrected chi connectivity index (χ3v) is 5.43. The molecule has 0 aliphatic carbocycles. The van der Waals surface area contributed by atoms with Crippen molar-refractivity contribution in [2.75, 3.05) is 40.0 Å². The van der Waals surface area contributed by atoms with E-state index in [2.05, 4.69) is 31.8 Å². The van der Waals surface area contributed by atoms with Gasteiger partial charge in [-0.15, -0.1) is 0 Å². The van der Waals surface area contributed by atoms with Crippen LogP contribution in [0.3, 0.4) is 0 Å². The molecule has 0 spiro atoms. The third kappa shape index (κ3) is 7.29. The van der Waals surface area contributed by atoms with Crippen molar-refractivity contribution in [2.24, 2.45) is 5.10 Å². The first-order valence-corrected chi connectivity index (χ1v) is 11.3. The first kappa shape index (κ1) is 25.2. The number of ether oxygens (including phenoxy) is 3. The van der Waals surface area contributed by atoms with Gasteiger partial charge in [-0.05, 0) is 39.2 Å². The molecular formula is C23H25BrN4O6. The van der Waals surface area contributed by atoms with Gasteiger partial charge in [0.25, 0.3) is 5.91 Å². The molecule has 1 aliphatic heterocycles. The average molecular weight is 533 g/mol. The monoisotopic (exact) mass is 532 g/mol. The van der Waals surface area contributed by atoms with Gasteiger partial charge in [-0.3, -0.25) is 14.4 Å². The topological polar surface area (TPSA) is 119 Å². The van der Waals surface area contributed by atoms with Gasteiger partial charge < -0.3 is 24.4 Å². The molecule has 0 radical (unpaired) electrons. The Kier molecular flexibility index (Phi) is 9.41. The first-order valence-electron chi connectivity index (χ1n) is 10.5. The largest absolute Gasteiger partial charge is 0.493 e. The van der Waals surface area contributed by atoms with Crippen LogP contribution in [0.15, 0.2) is 52.0 Å². The minimum atomic E-state index is -0.889. The normalized spacial score (nSPS) is 13.4. The molecule has 0 aromatic heterocycles. The van der Waals surface area contributed by atoms with Gasteiger partial charge in [-0.2, -0.15) is 5.10 Å². The van der Waals surface area contributed by atoms with Crippen LogP contribution in [0.2, 0.25) is 0 Å². The molecule has 1 fully saturated rings. The molecule has 0 saturated carbocycles. The fourth-order valence-electron chi connectivity index (χ4n) is 3.07. The Morgan fingerprint density at radius 2 is 1.88 bits per heavy atom. The molecule has 1 heterocycles. The van der Waals surface area contributed by atoms with Gasteiger partial charge >= 0.3 is 11.8 Å². The van der Waals surface area contributed by atoms with Crippen LogP contribution in [-0.4, -0.2) is 68.9 Å². The summed E-state index contributed by atoms with van der Waals surface area (Å²) in [5, 5.41) is 6.35. The van der Waals surface area contributed by atoms with Gasteiger partial charge in [0.15, 0.2) is 18.1 Å². The van der Waals surface area contributed by atoms with E-state index in [-0.39, 0.29) is 19.1 Å². The van der Waals surface area contributed by atoms with Gasteiger partial charge in [0.05, 0.1) is 31.0 Å². The zero-order valence-electron chi connectivity index (χ0n) is 18.6. The molecule has 180 valence electrons. The maximum absolute atomic E-state index is 12.3. The number of nitrogens with zero attached hydrogens (tertiary/aromatic N) is 2. The number of rotatable bonds is 8. The van der Waals surface area contributed by atoms with Crippen molar-refractivity contribution >= 4 is 39.9 Å². The number of hydrogen-bond donors (Lipinski definition) is 2. The molecule has 1 saturated heterocycles. The second-order valence-electron chi connectivity index (χ2n) is 7.18. The SMILES string of the molecule is COc1cc(/C=N\NC(=O)C(=O)NCc2ccccc2)cc(Br)c1OCC(=O)N1CCOCC1. The molecule has 11 heteroatoms. The Bertz CT molecular complexity index is 1040. The number of nitrogens with one attached hydrogen (secondary N) is 2. The average Bonchev–Trinajstić information content (AvgIpc) is 2.87. The molecule has 3 amide bonds. The predicted octanol–water partition coefficient (Wildman–Crippen LogP) is 1.46. The van der Waals surface area contributed by atoms with Crippen molar-refractivity contribution in [3.05, 3.63) is 58.1 Å². The molecule has 0 atom stereocenters. The second kappa shape index (κ2) is 12.7. The fraction of sp³-hybridized carbons (Fsp3) is 0.304. The summed E-state index contributed by atoms with van der Waals surface area (Å²) in [5.41, 5.74) is 3.63. The van der Waals surface area contributed by atoms with Crippen LogP contribution < -0.4 is 20.2 Å². The molecule has 0 unspecified atom stereocenters. The molecule has 34 heavy (non-hydrogen) atoms. The number of halogens is 1. The number of carbonyl (C=O) groups is 3. The summed E-state index contributed by atoms with van der Waals surface area (Å²) in [6, 6.07) is 12.5. The van der Waals surface area contributed by atoms with Crippen LogP contribution in [0.25, 0.3) is 0 Å². The number of benzene rings is 2. The summed E-state index contributed by atoms with van der Waals surface area (Å²) in [7, 11) is 1.47. The van der Waals surface area contributed by atoms with Crippen molar-refractivity contribution in [2.45, 2.75) is 6.54 Å². The van der Waals surface area contributed by atoms with Crippen LogP contribution in [0, 0.1) is 0 Å². The zero-order valence-corrected chi connectivity index (χ0v) is 20.2. The molecule has 1 aliphatic rings. The lowest BCUT2D eigenvalue weighted by molar-refractivity contribution is -0.139. The van der Waals surface area contributed by atoms with E-state index < -0.39 is 11.8 Å². The highest BCUT2D eigenvalue weighted by Crippen LogP contribution is 2.36. The number of amides is 3. The molecular weight excluding hydrogens is 508 g/mol. The van der Waals surface area contributed by atoms with Crippen molar-refractivity contribution < 1.29 is 28.6 Å². The van der Waals surface area contributed by atoms with Gasteiger partial charge in [0, 0.05) is 19.6 Å². The number of hydrogen-bond acceptors (Lipinski definition) is 7. The summed E-state index contributed by atoms with van der Waals surface area (Å²) in [6.45, 7) is 2.18. The Morgan fingerprint density at radius 1 is 1.15 bits per heavy atom. The van der Waals surface area contributed by atoms with E-state index in [0.717, 1.165) is 5.56 Å². The quantitative estimate of drug-likeness (QED) is 0.302. The number of methoxy groups -OCH3 is 1. The van der Waals surface area contributed by atoms with E-state index in [1.807, 2.05) is 30.3 Å². The molecule has 3 rings (SSSR count). The van der Waals surface area contributed by atoms with Crippen LogP contribution in [-0.2, 0) is 25.7 Å². The van der Waals surface area contributed by atoms with E-state index in [9.17, 15) is 14.4 Å². The summed E-state index contributed by atoms with van der Waals surface area (Å²) < 4.78 is 16.9. The minimum Gasteiger partial charge on any atom is -0.493 e. The maximum atomic E-state index is 12.3. The Balaban J connectivity index is 1.54. The van der Waals surface area contributed by atoms with Gasteiger partial charge in [0.1, 0.15) is 0 Å². The lowest BCUT2D eigenvalue weighted by Crippen LogP contribution is -2.43. The zero-order chi connectivity index (χ0) is 24.3. The molecule has 10 nitrogen and oxygen atoms in total. The third-order valence-electron chi connectivity index (χ3n) is 4.84. The van der Waals surface area contributed by atoms with Crippen LogP contribution in [0.5, 0.6) is 11.5 Å². The highest BCUT2D eigenvalue weighted by atomic mass is 79.9. The fourth-order valence-corrected chi connectivity index (χ4v) is 3.64. The smallest absolute Gasteiger partial charge is 0.329 e. The highest BCUT2D eigenvalue weighted by Gasteiger charge is 2.19. The Labute approximate surface area is 205 Å². The van der Waals surface area contributed by atoms with Gasteiger partial charge in [-0.1, -0.05) is 30.3 Å². The van der Waals surface area contributed by atoms with Crippen molar-refractivity contribution in [1.82, 2.24) is 15.6 Å².